The quantitative estimate of drug-likeness (QED) is 0.535. The highest BCUT2D eigenvalue weighted by Gasteiger charge is 1.72. The molecule has 0 aromatic heterocycles. The maximum Gasteiger partial charge on any atom is -0.0142 e. The first-order valence-corrected chi connectivity index (χ1v) is 4.42. The highest BCUT2D eigenvalue weighted by Crippen LogP contribution is 2.01. The maximum atomic E-state index is 3.60. The van der Waals surface area contributed by atoms with Crippen molar-refractivity contribution in [3.05, 3.63) is 23.6 Å². The molecule has 0 aromatic rings. The summed E-state index contributed by atoms with van der Waals surface area (Å²) in [7, 11) is 0. The summed E-state index contributed by atoms with van der Waals surface area (Å²) in [6.45, 7) is 9.63. The first kappa shape index (κ1) is 11.6. The van der Waals surface area contributed by atoms with E-state index in [2.05, 4.69) is 12.0 Å². The Kier molecular flexibility index (Phi) is 13.9. The molecule has 0 amide bonds. The third kappa shape index (κ3) is 11.4. The van der Waals surface area contributed by atoms with Crippen LogP contribution in [0.5, 0.6) is 0 Å². The Balaban J connectivity index is 0. The normalized spacial score (nSPS) is 9.56. The molecule has 0 spiro atoms. The van der Waals surface area contributed by atoms with E-state index in [1.165, 1.54) is 5.57 Å². The Morgan fingerprint density at radius 3 is 2.00 bits per heavy atom. The van der Waals surface area contributed by atoms with Crippen LogP contribution in [0.3, 0.4) is 0 Å². The van der Waals surface area contributed by atoms with Gasteiger partial charge in [0.15, 0.2) is 0 Å². The first-order valence-electron chi connectivity index (χ1n) is 3.13. The van der Waals surface area contributed by atoms with Crippen LogP contribution < -0.4 is 0 Å². The molecule has 0 aromatic carbocycles. The lowest BCUT2D eigenvalue weighted by atomic mass is 10.4. The van der Waals surface area contributed by atoms with Crippen molar-refractivity contribution >= 4 is 11.8 Å². The minimum absolute atomic E-state index is 1.23. The molecule has 0 unspecified atom stereocenters. The summed E-state index contributed by atoms with van der Waals surface area (Å²) >= 11 is 1.70. The van der Waals surface area contributed by atoms with Gasteiger partial charge in [0.05, 0.1) is 0 Å². The van der Waals surface area contributed by atoms with E-state index in [1.54, 1.807) is 11.8 Å². The average molecular weight is 144 g/mol. The lowest BCUT2D eigenvalue weighted by Crippen LogP contribution is -1.58. The molecule has 0 aliphatic heterocycles. The van der Waals surface area contributed by atoms with Crippen LogP contribution in [0.2, 0.25) is 0 Å². The Morgan fingerprint density at radius 2 is 1.89 bits per heavy atom. The van der Waals surface area contributed by atoms with E-state index in [0.717, 1.165) is 0 Å². The summed E-state index contributed by atoms with van der Waals surface area (Å²) < 4.78 is 0. The van der Waals surface area contributed by atoms with Gasteiger partial charge in [-0.25, -0.2) is 0 Å². The van der Waals surface area contributed by atoms with E-state index in [1.807, 2.05) is 33.1 Å². The second kappa shape index (κ2) is 10.7. The summed E-state index contributed by atoms with van der Waals surface area (Å²) in [6.07, 6.45) is 3.88. The second-order valence-corrected chi connectivity index (χ2v) is 2.01. The van der Waals surface area contributed by atoms with Crippen molar-refractivity contribution < 1.29 is 0 Å². The fraction of sp³-hybridized carbons (Fsp3) is 0.500. The Labute approximate surface area is 63.0 Å². The van der Waals surface area contributed by atoms with Crippen LogP contribution >= 0.6 is 11.8 Å². The zero-order valence-corrected chi connectivity index (χ0v) is 7.59. The van der Waals surface area contributed by atoms with Gasteiger partial charge in [0, 0.05) is 0 Å². The van der Waals surface area contributed by atoms with Gasteiger partial charge in [0.2, 0.25) is 0 Å². The van der Waals surface area contributed by atoms with Crippen molar-refractivity contribution in [1.29, 1.82) is 0 Å². The van der Waals surface area contributed by atoms with E-state index in [0.29, 0.717) is 0 Å². The standard InChI is InChI=1S/C6H10S.C2H6/c1-4-6(2)5-7-3;1-2/h4-5H,1H2,2-3H3;1-2H3/b6-5-;. The molecule has 0 fully saturated rings. The summed E-state index contributed by atoms with van der Waals surface area (Å²) in [5.41, 5.74) is 1.23. The van der Waals surface area contributed by atoms with Crippen LogP contribution in [0.4, 0.5) is 0 Å². The zero-order valence-electron chi connectivity index (χ0n) is 6.77. The predicted molar refractivity (Wildman–Crippen MR) is 48.8 cm³/mol. The minimum atomic E-state index is 1.23. The lowest BCUT2D eigenvalue weighted by molar-refractivity contribution is 1.50. The molecule has 0 radical (unpaired) electrons. The van der Waals surface area contributed by atoms with E-state index >= 15 is 0 Å². The molecular weight excluding hydrogens is 128 g/mol. The second-order valence-electron chi connectivity index (χ2n) is 1.30. The Bertz CT molecular complexity index is 82.6. The van der Waals surface area contributed by atoms with Crippen LogP contribution in [-0.2, 0) is 0 Å². The molecule has 0 bridgehead atoms. The van der Waals surface area contributed by atoms with Gasteiger partial charge in [-0.05, 0) is 24.2 Å². The minimum Gasteiger partial charge on any atom is -0.137 e. The van der Waals surface area contributed by atoms with Crippen molar-refractivity contribution in [2.45, 2.75) is 20.8 Å². The fourth-order valence-electron chi connectivity index (χ4n) is 0.234. The third-order valence-corrected chi connectivity index (χ3v) is 1.23. The monoisotopic (exact) mass is 144 g/mol. The summed E-state index contributed by atoms with van der Waals surface area (Å²) in [5, 5.41) is 2.06. The molecule has 0 aliphatic carbocycles. The molecule has 0 saturated carbocycles. The van der Waals surface area contributed by atoms with Gasteiger partial charge in [-0.2, -0.15) is 0 Å². The molecule has 54 valence electrons. The van der Waals surface area contributed by atoms with Crippen molar-refractivity contribution in [3.63, 3.8) is 0 Å². The third-order valence-electron chi connectivity index (χ3n) is 0.626. The number of rotatable bonds is 2. The molecule has 0 aliphatic rings. The van der Waals surface area contributed by atoms with Crippen molar-refractivity contribution in [2.75, 3.05) is 6.26 Å². The smallest absolute Gasteiger partial charge is 0.0142 e. The maximum absolute atomic E-state index is 3.60. The van der Waals surface area contributed by atoms with Gasteiger partial charge >= 0.3 is 0 Å². The van der Waals surface area contributed by atoms with Gasteiger partial charge in [-0.1, -0.05) is 26.5 Å². The van der Waals surface area contributed by atoms with Gasteiger partial charge < -0.3 is 0 Å². The Hall–Kier alpha value is -0.170. The van der Waals surface area contributed by atoms with Crippen molar-refractivity contribution in [1.82, 2.24) is 0 Å². The number of hydrogen-bond acceptors (Lipinski definition) is 1. The van der Waals surface area contributed by atoms with E-state index in [-0.39, 0.29) is 0 Å². The van der Waals surface area contributed by atoms with Gasteiger partial charge in [-0.15, -0.1) is 11.8 Å². The summed E-state index contributed by atoms with van der Waals surface area (Å²) in [6, 6.07) is 0. The zero-order chi connectivity index (χ0) is 7.70. The molecule has 0 rings (SSSR count). The van der Waals surface area contributed by atoms with Gasteiger partial charge in [-0.3, -0.25) is 0 Å². The van der Waals surface area contributed by atoms with Crippen molar-refractivity contribution in [2.24, 2.45) is 0 Å². The molecule has 0 saturated heterocycles. The molecule has 1 heteroatoms. The Morgan fingerprint density at radius 1 is 1.44 bits per heavy atom. The number of hydrogen-bond donors (Lipinski definition) is 0. The SMILES string of the molecule is C=C/C(C)=C\SC.CC. The topological polar surface area (TPSA) is 0 Å². The van der Waals surface area contributed by atoms with Crippen LogP contribution in [0.25, 0.3) is 0 Å². The van der Waals surface area contributed by atoms with Crippen LogP contribution in [0.15, 0.2) is 23.6 Å². The van der Waals surface area contributed by atoms with Crippen LogP contribution in [-0.4, -0.2) is 6.26 Å². The van der Waals surface area contributed by atoms with E-state index < -0.39 is 0 Å². The molecule has 0 atom stereocenters. The average Bonchev–Trinajstić information content (AvgIpc) is 1.93. The van der Waals surface area contributed by atoms with Crippen LogP contribution in [0, 0.1) is 0 Å². The van der Waals surface area contributed by atoms with Gasteiger partial charge in [0.1, 0.15) is 0 Å². The number of thioether (sulfide) groups is 1. The van der Waals surface area contributed by atoms with Gasteiger partial charge in [0.25, 0.3) is 0 Å². The van der Waals surface area contributed by atoms with E-state index in [4.69, 9.17) is 0 Å². The molecule has 0 nitrogen and oxygen atoms in total. The summed E-state index contributed by atoms with van der Waals surface area (Å²) in [5.74, 6) is 0. The van der Waals surface area contributed by atoms with Crippen molar-refractivity contribution in [3.8, 4) is 0 Å². The first-order chi connectivity index (χ1) is 4.31. The molecule has 0 heterocycles. The molecule has 9 heavy (non-hydrogen) atoms. The predicted octanol–water partition coefficient (Wildman–Crippen LogP) is 3.47. The fourth-order valence-corrected chi connectivity index (χ4v) is 0.702. The summed E-state index contributed by atoms with van der Waals surface area (Å²) in [4.78, 5) is 0. The molecular formula is C8H16S. The number of allylic oxidation sites excluding steroid dienone is 2. The molecule has 0 N–H and O–H groups in total. The highest BCUT2D eigenvalue weighted by atomic mass is 32.2. The van der Waals surface area contributed by atoms with E-state index in [9.17, 15) is 0 Å². The van der Waals surface area contributed by atoms with Crippen LogP contribution in [0.1, 0.15) is 20.8 Å². The largest absolute Gasteiger partial charge is 0.137 e. The lowest BCUT2D eigenvalue weighted by Gasteiger charge is -1.83. The highest BCUT2D eigenvalue weighted by molar-refractivity contribution is 8.01.